The lowest BCUT2D eigenvalue weighted by atomic mass is 10.1. The van der Waals surface area contributed by atoms with Gasteiger partial charge in [0.15, 0.2) is 11.5 Å². The van der Waals surface area contributed by atoms with E-state index in [0.717, 1.165) is 47.9 Å². The van der Waals surface area contributed by atoms with E-state index < -0.39 is 0 Å². The van der Waals surface area contributed by atoms with E-state index in [2.05, 4.69) is 15.6 Å². The second-order valence-electron chi connectivity index (χ2n) is 7.04. The maximum absolute atomic E-state index is 5.70. The van der Waals surface area contributed by atoms with Crippen molar-refractivity contribution in [2.24, 2.45) is 0 Å². The third kappa shape index (κ3) is 4.09. The van der Waals surface area contributed by atoms with Gasteiger partial charge in [0, 0.05) is 36.5 Å². The zero-order chi connectivity index (χ0) is 19.5. The molecule has 0 radical (unpaired) electrons. The zero-order valence-corrected chi connectivity index (χ0v) is 15.9. The molecule has 2 aliphatic heterocycles. The summed E-state index contributed by atoms with van der Waals surface area (Å²) in [6, 6.07) is 17.8. The minimum Gasteiger partial charge on any atom is -0.454 e. The van der Waals surface area contributed by atoms with Gasteiger partial charge in [-0.2, -0.15) is 4.98 Å². The summed E-state index contributed by atoms with van der Waals surface area (Å²) in [5, 5.41) is 6.69. The van der Waals surface area contributed by atoms with Crippen LogP contribution in [-0.4, -0.2) is 36.0 Å². The van der Waals surface area contributed by atoms with Crippen LogP contribution < -0.4 is 20.1 Å². The predicted octanol–water partition coefficient (Wildman–Crippen LogP) is 4.21. The fraction of sp³-hybridized carbons (Fsp3) is 0.273. The second kappa shape index (κ2) is 7.97. The van der Waals surface area contributed by atoms with Gasteiger partial charge in [0.25, 0.3) is 0 Å². The molecule has 3 heterocycles. The first-order valence-corrected chi connectivity index (χ1v) is 9.80. The molecular formula is C22H22N4O3. The predicted molar refractivity (Wildman–Crippen MR) is 111 cm³/mol. The van der Waals surface area contributed by atoms with E-state index in [4.69, 9.17) is 19.2 Å². The minimum atomic E-state index is 0.212. The Hall–Kier alpha value is -3.32. The van der Waals surface area contributed by atoms with Gasteiger partial charge >= 0.3 is 0 Å². The van der Waals surface area contributed by atoms with Gasteiger partial charge in [-0.05, 0) is 25.0 Å². The molecule has 0 spiro atoms. The fourth-order valence-corrected chi connectivity index (χ4v) is 3.48. The number of ether oxygens (including phenoxy) is 3. The summed E-state index contributed by atoms with van der Waals surface area (Å²) in [5.74, 6) is 2.75. The maximum atomic E-state index is 5.70. The number of nitrogens with one attached hydrogen (secondary N) is 2. The molecule has 5 rings (SSSR count). The summed E-state index contributed by atoms with van der Waals surface area (Å²) in [7, 11) is 0. The standard InChI is InChI=1S/C22H22N4O3/c1-2-5-15(6-3-1)18-12-21(24-16-8-9-19-20(11-16)29-14-28-19)26-22(25-18)23-13-17-7-4-10-27-17/h1-3,5-6,8-9,11-12,17H,4,7,10,13-14H2,(H2,23,24,25,26). The molecule has 0 saturated carbocycles. The van der Waals surface area contributed by atoms with Crippen LogP contribution >= 0.6 is 0 Å². The molecule has 2 N–H and O–H groups in total. The maximum Gasteiger partial charge on any atom is 0.231 e. The monoisotopic (exact) mass is 390 g/mol. The van der Waals surface area contributed by atoms with E-state index in [1.54, 1.807) is 0 Å². The van der Waals surface area contributed by atoms with E-state index in [1.165, 1.54) is 0 Å². The van der Waals surface area contributed by atoms with Gasteiger partial charge in [-0.25, -0.2) is 4.98 Å². The van der Waals surface area contributed by atoms with E-state index >= 15 is 0 Å². The highest BCUT2D eigenvalue weighted by Crippen LogP contribution is 2.35. The van der Waals surface area contributed by atoms with Crippen LogP contribution in [0.4, 0.5) is 17.5 Å². The van der Waals surface area contributed by atoms with E-state index in [9.17, 15) is 0 Å². The Bertz CT molecular complexity index is 991. The van der Waals surface area contributed by atoms with Crippen molar-refractivity contribution in [3.8, 4) is 22.8 Å². The van der Waals surface area contributed by atoms with Gasteiger partial charge in [0.05, 0.1) is 11.8 Å². The summed E-state index contributed by atoms with van der Waals surface area (Å²) >= 11 is 0. The van der Waals surface area contributed by atoms with Gasteiger partial charge < -0.3 is 24.8 Å². The van der Waals surface area contributed by atoms with Crippen molar-refractivity contribution in [1.82, 2.24) is 9.97 Å². The lowest BCUT2D eigenvalue weighted by Gasteiger charge is -2.14. The molecule has 148 valence electrons. The molecule has 3 aromatic rings. The largest absolute Gasteiger partial charge is 0.454 e. The zero-order valence-electron chi connectivity index (χ0n) is 15.9. The topological polar surface area (TPSA) is 77.5 Å². The van der Waals surface area contributed by atoms with Crippen molar-refractivity contribution in [2.75, 3.05) is 30.6 Å². The Labute approximate surface area is 169 Å². The highest BCUT2D eigenvalue weighted by molar-refractivity contribution is 5.68. The van der Waals surface area contributed by atoms with E-state index in [-0.39, 0.29) is 12.9 Å². The molecule has 1 fully saturated rings. The molecule has 0 aliphatic carbocycles. The first-order chi connectivity index (χ1) is 14.3. The van der Waals surface area contributed by atoms with Crippen LogP contribution in [0.5, 0.6) is 11.5 Å². The van der Waals surface area contributed by atoms with Crippen LogP contribution in [0.1, 0.15) is 12.8 Å². The van der Waals surface area contributed by atoms with Crippen LogP contribution in [-0.2, 0) is 4.74 Å². The quantitative estimate of drug-likeness (QED) is 0.653. The molecular weight excluding hydrogens is 368 g/mol. The summed E-state index contributed by atoms with van der Waals surface area (Å²) < 4.78 is 16.5. The Morgan fingerprint density at radius 1 is 0.966 bits per heavy atom. The van der Waals surface area contributed by atoms with Crippen LogP contribution in [0.15, 0.2) is 54.6 Å². The lowest BCUT2D eigenvalue weighted by Crippen LogP contribution is -2.20. The Morgan fingerprint density at radius 2 is 1.86 bits per heavy atom. The Kier molecular flexibility index (Phi) is 4.88. The molecule has 2 aromatic carbocycles. The molecule has 2 aliphatic rings. The van der Waals surface area contributed by atoms with Crippen molar-refractivity contribution in [2.45, 2.75) is 18.9 Å². The number of rotatable bonds is 6. The number of hydrogen-bond donors (Lipinski definition) is 2. The van der Waals surface area contributed by atoms with Crippen LogP contribution in [0, 0.1) is 0 Å². The molecule has 1 unspecified atom stereocenters. The molecule has 1 aromatic heterocycles. The van der Waals surface area contributed by atoms with Crippen LogP contribution in [0.25, 0.3) is 11.3 Å². The summed E-state index contributed by atoms with van der Waals surface area (Å²) in [6.45, 7) is 1.78. The van der Waals surface area contributed by atoms with Crippen molar-refractivity contribution >= 4 is 17.5 Å². The number of hydrogen-bond acceptors (Lipinski definition) is 7. The third-order valence-electron chi connectivity index (χ3n) is 4.95. The molecule has 29 heavy (non-hydrogen) atoms. The molecule has 0 amide bonds. The molecule has 7 nitrogen and oxygen atoms in total. The third-order valence-corrected chi connectivity index (χ3v) is 4.95. The molecule has 1 saturated heterocycles. The normalized spacial score (nSPS) is 17.3. The van der Waals surface area contributed by atoms with E-state index in [0.29, 0.717) is 18.3 Å². The molecule has 7 heteroatoms. The van der Waals surface area contributed by atoms with Gasteiger partial charge in [-0.1, -0.05) is 30.3 Å². The van der Waals surface area contributed by atoms with Gasteiger partial charge in [-0.15, -0.1) is 0 Å². The fourth-order valence-electron chi connectivity index (χ4n) is 3.48. The highest BCUT2D eigenvalue weighted by Gasteiger charge is 2.17. The number of anilines is 3. The number of nitrogens with zero attached hydrogens (tertiary/aromatic N) is 2. The van der Waals surface area contributed by atoms with Crippen molar-refractivity contribution < 1.29 is 14.2 Å². The lowest BCUT2D eigenvalue weighted by molar-refractivity contribution is 0.120. The highest BCUT2D eigenvalue weighted by atomic mass is 16.7. The summed E-state index contributed by atoms with van der Waals surface area (Å²) in [6.07, 6.45) is 2.38. The van der Waals surface area contributed by atoms with Crippen LogP contribution in [0.3, 0.4) is 0 Å². The average molecular weight is 390 g/mol. The van der Waals surface area contributed by atoms with Gasteiger partial charge in [-0.3, -0.25) is 0 Å². The Balaban J connectivity index is 1.42. The van der Waals surface area contributed by atoms with Gasteiger partial charge in [0.1, 0.15) is 5.82 Å². The first kappa shape index (κ1) is 17.8. The second-order valence-corrected chi connectivity index (χ2v) is 7.04. The smallest absolute Gasteiger partial charge is 0.231 e. The Morgan fingerprint density at radius 3 is 2.72 bits per heavy atom. The van der Waals surface area contributed by atoms with Gasteiger partial charge in [0.2, 0.25) is 12.7 Å². The summed E-state index contributed by atoms with van der Waals surface area (Å²) in [4.78, 5) is 9.35. The SMILES string of the molecule is c1ccc(-c2cc(Nc3ccc4c(c3)OCO4)nc(NCC3CCCO3)n2)cc1. The van der Waals surface area contributed by atoms with Crippen molar-refractivity contribution in [3.05, 3.63) is 54.6 Å². The average Bonchev–Trinajstić information content (AvgIpc) is 3.44. The molecule has 0 bridgehead atoms. The van der Waals surface area contributed by atoms with E-state index in [1.807, 2.05) is 54.6 Å². The first-order valence-electron chi connectivity index (χ1n) is 9.80. The van der Waals surface area contributed by atoms with Crippen molar-refractivity contribution in [1.29, 1.82) is 0 Å². The molecule has 1 atom stereocenters. The number of fused-ring (bicyclic) bond motifs is 1. The minimum absolute atomic E-state index is 0.212. The summed E-state index contributed by atoms with van der Waals surface area (Å²) in [5.41, 5.74) is 2.75. The number of benzene rings is 2. The van der Waals surface area contributed by atoms with Crippen LogP contribution in [0.2, 0.25) is 0 Å². The van der Waals surface area contributed by atoms with Crippen molar-refractivity contribution in [3.63, 3.8) is 0 Å². The number of aromatic nitrogens is 2.